The van der Waals surface area contributed by atoms with E-state index < -0.39 is 66.1 Å². The molecule has 22 heteroatoms. The number of nitrogens with two attached hydrogens (primary N) is 1. The zero-order valence-electron chi connectivity index (χ0n) is 46.9. The van der Waals surface area contributed by atoms with Gasteiger partial charge in [-0.25, -0.2) is 30.3 Å². The Morgan fingerprint density at radius 3 is 1.47 bits per heavy atom. The van der Waals surface area contributed by atoms with Gasteiger partial charge < -0.3 is 39.8 Å². The molecule has 17 nitrogen and oxygen atoms in total. The monoisotopic (exact) mass is 1180 g/mol. The Hall–Kier alpha value is -7.11. The van der Waals surface area contributed by atoms with Crippen molar-refractivity contribution in [1.82, 2.24) is 14.5 Å². The Morgan fingerprint density at radius 1 is 0.593 bits per heavy atom. The lowest BCUT2D eigenvalue weighted by Crippen LogP contribution is -2.46. The smallest absolute Gasteiger partial charge is 0.264 e. The van der Waals surface area contributed by atoms with Gasteiger partial charge in [0.1, 0.15) is 39.0 Å². The second-order valence-corrected chi connectivity index (χ2v) is 24.2. The van der Waals surface area contributed by atoms with Crippen molar-refractivity contribution in [3.8, 4) is 11.5 Å². The summed E-state index contributed by atoms with van der Waals surface area (Å²) in [6.07, 6.45) is 0.407. The van der Waals surface area contributed by atoms with E-state index in [0.29, 0.717) is 12.2 Å². The molecule has 0 fully saturated rings. The van der Waals surface area contributed by atoms with Gasteiger partial charge in [0.2, 0.25) is 15.9 Å². The molecule has 0 saturated heterocycles. The summed E-state index contributed by atoms with van der Waals surface area (Å²) in [4.78, 5) is 55.5. The largest absolute Gasteiger partial charge is 0.495 e. The number of likely N-dealkylation sites (N-methyl/N-ethyl adjacent to an activating group) is 2. The number of hydrogen-bond acceptors (Lipinski definition) is 13. The molecule has 0 aromatic heterocycles. The van der Waals surface area contributed by atoms with Gasteiger partial charge in [0.05, 0.1) is 39.0 Å². The van der Waals surface area contributed by atoms with Crippen LogP contribution in [0.3, 0.4) is 0 Å². The maximum atomic E-state index is 13.7. The van der Waals surface area contributed by atoms with Crippen molar-refractivity contribution < 1.29 is 63.7 Å². The average Bonchev–Trinajstić information content (AvgIpc) is 3.50. The van der Waals surface area contributed by atoms with Gasteiger partial charge in [0.25, 0.3) is 20.9 Å². The quantitative estimate of drug-likeness (QED) is 0.0512. The lowest BCUT2D eigenvalue weighted by molar-refractivity contribution is -0.122. The van der Waals surface area contributed by atoms with Gasteiger partial charge in [-0.1, -0.05) is 66.7 Å². The van der Waals surface area contributed by atoms with Crippen LogP contribution in [0.5, 0.6) is 11.5 Å². The molecule has 0 bridgehead atoms. The van der Waals surface area contributed by atoms with E-state index in [1.54, 1.807) is 34.1 Å². The van der Waals surface area contributed by atoms with Crippen molar-refractivity contribution in [2.45, 2.75) is 79.9 Å². The Labute approximate surface area is 478 Å². The Bertz CT molecular complexity index is 3280. The number of rotatable bonds is 23. The van der Waals surface area contributed by atoms with Crippen LogP contribution in [-0.4, -0.2) is 129 Å². The molecule has 4 N–H and O–H groups in total. The van der Waals surface area contributed by atoms with Crippen molar-refractivity contribution in [3.05, 3.63) is 185 Å². The number of ether oxygens (including phenoxy) is 4. The predicted molar refractivity (Wildman–Crippen MR) is 308 cm³/mol. The zero-order valence-corrected chi connectivity index (χ0v) is 49.3. The molecule has 3 amide bonds. The van der Waals surface area contributed by atoms with Gasteiger partial charge in [-0.05, 0) is 124 Å². The normalized spacial score (nSPS) is 12.3. The number of Topliss-reactive ketones (excluding diaryl/α,β-unsaturated/α-hetero) is 1. The maximum Gasteiger partial charge on any atom is 0.264 e. The minimum Gasteiger partial charge on any atom is -0.495 e. The Morgan fingerprint density at radius 2 is 1.04 bits per heavy atom. The molecule has 0 aliphatic heterocycles. The van der Waals surface area contributed by atoms with Crippen molar-refractivity contribution in [3.63, 3.8) is 0 Å². The van der Waals surface area contributed by atoms with Crippen LogP contribution in [-0.2, 0) is 57.4 Å². The molecule has 1 unspecified atom stereocenters. The third-order valence-corrected chi connectivity index (χ3v) is 15.1. The number of carbonyl (C=O) groups excluding carboxylic acids is 4. The lowest BCUT2D eigenvalue weighted by atomic mass is 9.96. The molecule has 0 aliphatic carbocycles. The fraction of sp³-hybridized carbons (Fsp3) is 0.322. The van der Waals surface area contributed by atoms with Crippen LogP contribution in [0.25, 0.3) is 0 Å². The number of anilines is 1. The molecule has 0 saturated carbocycles. The summed E-state index contributed by atoms with van der Waals surface area (Å²) in [5.74, 6) is -2.54. The van der Waals surface area contributed by atoms with E-state index in [1.807, 2.05) is 74.5 Å². The molecule has 0 heterocycles. The highest BCUT2D eigenvalue weighted by Gasteiger charge is 2.32. The van der Waals surface area contributed by atoms with E-state index >= 15 is 0 Å². The number of benzene rings is 6. The molecule has 0 aliphatic rings. The summed E-state index contributed by atoms with van der Waals surface area (Å²) in [6, 6.07) is 35.3. The lowest BCUT2D eigenvalue weighted by Gasteiger charge is -2.28. The number of hydrogen-bond donors (Lipinski definition) is 3. The Balaban J connectivity index is 0.000000314. The van der Waals surface area contributed by atoms with Crippen LogP contribution < -0.4 is 25.2 Å². The molecule has 81 heavy (non-hydrogen) atoms. The van der Waals surface area contributed by atoms with Gasteiger partial charge >= 0.3 is 0 Å². The third kappa shape index (κ3) is 20.7. The highest BCUT2D eigenvalue weighted by Crippen LogP contribution is 2.31. The van der Waals surface area contributed by atoms with E-state index in [-0.39, 0.29) is 75.3 Å². The number of amides is 3. The Kier molecular flexibility index (Phi) is 24.7. The van der Waals surface area contributed by atoms with Crippen LogP contribution in [0.1, 0.15) is 65.1 Å². The highest BCUT2D eigenvalue weighted by atomic mass is 35.7. The summed E-state index contributed by atoms with van der Waals surface area (Å²) >= 11 is 0. The molecule has 6 rings (SSSR count). The molecule has 0 spiro atoms. The third-order valence-electron chi connectivity index (χ3n) is 12.0. The summed E-state index contributed by atoms with van der Waals surface area (Å²) in [5, 5.41) is 2.70. The minimum atomic E-state index is -4.05. The number of halogens is 3. The zero-order chi connectivity index (χ0) is 60.3. The number of ketones is 1. The van der Waals surface area contributed by atoms with Crippen molar-refractivity contribution in [1.29, 1.82) is 0 Å². The average molecular weight is 1180 g/mol. The van der Waals surface area contributed by atoms with Crippen molar-refractivity contribution in [2.75, 3.05) is 61.1 Å². The fourth-order valence-corrected chi connectivity index (χ4v) is 10.7. The topological polar surface area (TPSA) is 230 Å². The number of carbonyl (C=O) groups is 4. The number of nitrogens with zero attached hydrogens (tertiary/aromatic N) is 2. The minimum absolute atomic E-state index is 0.0387. The van der Waals surface area contributed by atoms with Crippen LogP contribution in [0.4, 0.5) is 14.5 Å². The van der Waals surface area contributed by atoms with Crippen LogP contribution >= 0.6 is 10.7 Å². The van der Waals surface area contributed by atoms with Crippen molar-refractivity contribution >= 4 is 58.9 Å². The van der Waals surface area contributed by atoms with E-state index in [1.165, 1.54) is 117 Å². The maximum absolute atomic E-state index is 13.7. The molecule has 6 aromatic rings. The summed E-state index contributed by atoms with van der Waals surface area (Å²) in [6.45, 7) is 8.03. The molecule has 6 aromatic carbocycles. The van der Waals surface area contributed by atoms with E-state index in [0.717, 1.165) is 11.1 Å². The first-order valence-corrected chi connectivity index (χ1v) is 28.9. The van der Waals surface area contributed by atoms with Crippen LogP contribution in [0.2, 0.25) is 0 Å². The van der Waals surface area contributed by atoms with Crippen LogP contribution in [0, 0.1) is 11.6 Å². The second-order valence-electron chi connectivity index (χ2n) is 20.0. The predicted octanol–water partition coefficient (Wildman–Crippen LogP) is 8.49. The van der Waals surface area contributed by atoms with Gasteiger partial charge in [-0.15, -0.1) is 0 Å². The first kappa shape index (κ1) is 66.4. The number of nitrogens with one attached hydrogen (secondary N) is 2. The molecule has 2 atom stereocenters. The summed E-state index contributed by atoms with van der Waals surface area (Å²) < 4.78 is 99.3. The van der Waals surface area contributed by atoms with Crippen LogP contribution in [0.15, 0.2) is 155 Å². The summed E-state index contributed by atoms with van der Waals surface area (Å²) in [7, 11) is 6.20. The standard InChI is InChI=1S/C30H35FN2O6S.C24H22ClFN2O5S.C5H13NO/c1-30(2,20-38-4)32-40(36,37)28-16-11-22(19-27(28)39-5)18-26(34)25(17-21-9-7-6-8-10-21)33(3)29(35)23-12-14-24(31)15-13-23;1-28(24(30)17-8-10-18(26)11-9-17)20(14-16-6-4-3-5-7-16)23(29)27-19-12-13-22(34(25,31)32)21(15-19)33-2;1-5(2,6)4-7-3/h6-16,19,25,32H,17-18,20H2,1-5H3;3-13,15,20H,14H2,1-2H3,(H,27,29);4,6H2,1-3H3/t;20-;/m.0./s1. The SMILES string of the molecule is COCC(C)(C)N.COCC(C)(C)NS(=O)(=O)c1ccc(CC(=O)C(Cc2ccccc2)N(C)C(=O)c2ccc(F)cc2)cc1OC.COc1cc(NC(=O)[C@H](Cc2ccccc2)N(C)C(=O)c2ccc(F)cc2)ccc1S(=O)(=O)Cl. The molecule has 0 radical (unpaired) electrons. The van der Waals surface area contributed by atoms with E-state index in [4.69, 9.17) is 35.4 Å². The van der Waals surface area contributed by atoms with Gasteiger partial charge in [0, 0.05) is 80.3 Å². The van der Waals surface area contributed by atoms with E-state index in [2.05, 4.69) is 10.0 Å². The first-order valence-electron chi connectivity index (χ1n) is 25.1. The fourth-order valence-electron chi connectivity index (χ4n) is 8.14. The summed E-state index contributed by atoms with van der Waals surface area (Å²) in [5.41, 5.74) is 7.44. The molecule has 436 valence electrons. The van der Waals surface area contributed by atoms with Gasteiger partial charge in [-0.2, -0.15) is 0 Å². The number of methoxy groups -OCH3 is 4. The number of sulfonamides is 1. The van der Waals surface area contributed by atoms with Gasteiger partial charge in [-0.3, -0.25) is 19.2 Å². The van der Waals surface area contributed by atoms with Crippen molar-refractivity contribution in [2.24, 2.45) is 5.73 Å². The van der Waals surface area contributed by atoms with Gasteiger partial charge in [0.15, 0.2) is 5.78 Å². The molecular formula is C59H70ClF2N5O12S2. The molecular weight excluding hydrogens is 1110 g/mol. The van der Waals surface area contributed by atoms with E-state index in [9.17, 15) is 44.8 Å². The first-order chi connectivity index (χ1) is 38.0. The second kappa shape index (κ2) is 30.1. The highest BCUT2D eigenvalue weighted by molar-refractivity contribution is 8.13.